The first-order valence-corrected chi connectivity index (χ1v) is 6.22. The van der Waals surface area contributed by atoms with Crippen molar-refractivity contribution in [1.82, 2.24) is 15.2 Å². The Hall–Kier alpha value is -1.26. The maximum Gasteiger partial charge on any atom is 0.246 e. The maximum atomic E-state index is 5.54. The number of nitrogen functional groups attached to an aromatic ring is 1. The van der Waals surface area contributed by atoms with E-state index >= 15 is 0 Å². The van der Waals surface area contributed by atoms with E-state index in [1.54, 1.807) is 0 Å². The van der Waals surface area contributed by atoms with Crippen LogP contribution < -0.4 is 10.6 Å². The van der Waals surface area contributed by atoms with Gasteiger partial charge in [0, 0.05) is 13.1 Å². The van der Waals surface area contributed by atoms with E-state index in [9.17, 15) is 0 Å². The second-order valence-corrected chi connectivity index (χ2v) is 4.59. The summed E-state index contributed by atoms with van der Waals surface area (Å²) in [5.74, 6) is 2.05. The van der Waals surface area contributed by atoms with E-state index in [1.165, 1.54) is 32.1 Å². The number of nitrogens with one attached hydrogen (secondary N) is 1. The van der Waals surface area contributed by atoms with Gasteiger partial charge in [0.25, 0.3) is 0 Å². The Bertz CT molecular complexity index is 322. The molecule has 5 heteroatoms. The summed E-state index contributed by atoms with van der Waals surface area (Å²) >= 11 is 0. The van der Waals surface area contributed by atoms with Gasteiger partial charge in [-0.05, 0) is 25.2 Å². The molecular formula is C11H21N5. The molecule has 1 aromatic heterocycles. The van der Waals surface area contributed by atoms with E-state index in [-0.39, 0.29) is 0 Å². The number of hydrogen-bond donors (Lipinski definition) is 2. The normalized spacial score (nSPS) is 22.1. The molecule has 5 nitrogen and oxygen atoms in total. The van der Waals surface area contributed by atoms with E-state index in [1.807, 2.05) is 0 Å². The van der Waals surface area contributed by atoms with Crippen molar-refractivity contribution in [3.63, 3.8) is 0 Å². The first kappa shape index (κ1) is 11.2. The van der Waals surface area contributed by atoms with Gasteiger partial charge in [-0.2, -0.15) is 4.98 Å². The Kier molecular flexibility index (Phi) is 3.64. The number of nitrogens with two attached hydrogens (primary N) is 1. The number of hydrogen-bond acceptors (Lipinski definition) is 4. The molecule has 0 amide bonds. The molecule has 1 aliphatic rings. The van der Waals surface area contributed by atoms with Gasteiger partial charge in [-0.3, -0.25) is 0 Å². The molecule has 0 saturated carbocycles. The molecule has 1 aromatic rings. The van der Waals surface area contributed by atoms with Crippen LogP contribution >= 0.6 is 0 Å². The molecule has 3 N–H and O–H groups in total. The van der Waals surface area contributed by atoms with E-state index in [0.29, 0.717) is 5.95 Å². The quantitative estimate of drug-likeness (QED) is 0.819. The van der Waals surface area contributed by atoms with Crippen LogP contribution in [0.3, 0.4) is 0 Å². The van der Waals surface area contributed by atoms with E-state index in [0.717, 1.165) is 25.0 Å². The van der Waals surface area contributed by atoms with Gasteiger partial charge in [-0.15, -0.1) is 5.10 Å². The van der Waals surface area contributed by atoms with Crippen LogP contribution in [0, 0.1) is 5.92 Å². The number of H-pyrrole nitrogens is 1. The molecule has 0 aromatic carbocycles. The van der Waals surface area contributed by atoms with E-state index < -0.39 is 0 Å². The first-order valence-electron chi connectivity index (χ1n) is 6.22. The van der Waals surface area contributed by atoms with Crippen LogP contribution in [-0.4, -0.2) is 28.3 Å². The van der Waals surface area contributed by atoms with Gasteiger partial charge in [-0.1, -0.05) is 19.8 Å². The topological polar surface area (TPSA) is 70.8 Å². The Balaban J connectivity index is 1.93. The molecule has 90 valence electrons. The van der Waals surface area contributed by atoms with Crippen molar-refractivity contribution in [2.45, 2.75) is 39.0 Å². The van der Waals surface area contributed by atoms with Crippen LogP contribution in [0.5, 0.6) is 0 Å². The van der Waals surface area contributed by atoms with Gasteiger partial charge in [0.05, 0.1) is 0 Å². The average molecular weight is 223 g/mol. The third-order valence-corrected chi connectivity index (χ3v) is 3.32. The number of anilines is 2. The summed E-state index contributed by atoms with van der Waals surface area (Å²) in [6, 6.07) is 0. The Morgan fingerprint density at radius 2 is 2.31 bits per heavy atom. The lowest BCUT2D eigenvalue weighted by molar-refractivity contribution is 0.435. The summed E-state index contributed by atoms with van der Waals surface area (Å²) < 4.78 is 0. The van der Waals surface area contributed by atoms with Crippen molar-refractivity contribution < 1.29 is 0 Å². The Morgan fingerprint density at radius 3 is 3.00 bits per heavy atom. The number of nitrogens with zero attached hydrogens (tertiary/aromatic N) is 3. The standard InChI is InChI=1S/C11H21N5/c1-2-4-9-5-3-7-16(8-6-9)11-13-10(12)14-15-11/h9H,2-8H2,1H3,(H3,12,13,14,15). The number of aromatic nitrogens is 3. The van der Waals surface area contributed by atoms with Crippen LogP contribution in [0.4, 0.5) is 11.9 Å². The average Bonchev–Trinajstić information content (AvgIpc) is 2.57. The van der Waals surface area contributed by atoms with Gasteiger partial charge in [-0.25, -0.2) is 5.10 Å². The van der Waals surface area contributed by atoms with Crippen LogP contribution in [0.1, 0.15) is 39.0 Å². The molecule has 1 atom stereocenters. The highest BCUT2D eigenvalue weighted by atomic mass is 15.4. The van der Waals surface area contributed by atoms with Crippen molar-refractivity contribution >= 4 is 11.9 Å². The molecule has 2 rings (SSSR count). The second kappa shape index (κ2) is 5.18. The monoisotopic (exact) mass is 223 g/mol. The molecule has 2 heterocycles. The summed E-state index contributed by atoms with van der Waals surface area (Å²) in [6.07, 6.45) is 6.47. The summed E-state index contributed by atoms with van der Waals surface area (Å²) in [5.41, 5.74) is 5.54. The van der Waals surface area contributed by atoms with E-state index in [4.69, 9.17) is 5.73 Å². The summed E-state index contributed by atoms with van der Waals surface area (Å²) in [4.78, 5) is 6.42. The molecule has 1 unspecified atom stereocenters. The Labute approximate surface area is 96.4 Å². The largest absolute Gasteiger partial charge is 0.368 e. The lowest BCUT2D eigenvalue weighted by atomic mass is 9.96. The molecule has 0 bridgehead atoms. The summed E-state index contributed by atoms with van der Waals surface area (Å²) in [5, 5.41) is 6.81. The van der Waals surface area contributed by atoms with Crippen molar-refractivity contribution in [1.29, 1.82) is 0 Å². The zero-order chi connectivity index (χ0) is 11.4. The smallest absolute Gasteiger partial charge is 0.246 e. The van der Waals surface area contributed by atoms with Gasteiger partial charge >= 0.3 is 0 Å². The van der Waals surface area contributed by atoms with Crippen molar-refractivity contribution in [3.05, 3.63) is 0 Å². The predicted molar refractivity (Wildman–Crippen MR) is 65.3 cm³/mol. The van der Waals surface area contributed by atoms with Crippen molar-refractivity contribution in [2.24, 2.45) is 5.92 Å². The first-order chi connectivity index (χ1) is 7.79. The molecule has 16 heavy (non-hydrogen) atoms. The lowest BCUT2D eigenvalue weighted by Crippen LogP contribution is -2.25. The number of aromatic amines is 1. The minimum absolute atomic E-state index is 0.407. The highest BCUT2D eigenvalue weighted by Gasteiger charge is 2.18. The third kappa shape index (κ3) is 2.65. The highest BCUT2D eigenvalue weighted by Crippen LogP contribution is 2.23. The molecule has 1 fully saturated rings. The van der Waals surface area contributed by atoms with E-state index in [2.05, 4.69) is 27.0 Å². The van der Waals surface area contributed by atoms with Gasteiger partial charge < -0.3 is 10.6 Å². The molecular weight excluding hydrogens is 202 g/mol. The fourth-order valence-corrected chi connectivity index (χ4v) is 2.47. The van der Waals surface area contributed by atoms with Gasteiger partial charge in [0.1, 0.15) is 0 Å². The highest BCUT2D eigenvalue weighted by molar-refractivity contribution is 5.33. The molecule has 0 radical (unpaired) electrons. The van der Waals surface area contributed by atoms with Crippen LogP contribution in [0.15, 0.2) is 0 Å². The molecule has 1 aliphatic heterocycles. The summed E-state index contributed by atoms with van der Waals surface area (Å²) in [7, 11) is 0. The van der Waals surface area contributed by atoms with Crippen molar-refractivity contribution in [2.75, 3.05) is 23.7 Å². The second-order valence-electron chi connectivity index (χ2n) is 4.59. The minimum Gasteiger partial charge on any atom is -0.368 e. The maximum absolute atomic E-state index is 5.54. The van der Waals surface area contributed by atoms with Crippen LogP contribution in [0.2, 0.25) is 0 Å². The molecule has 0 aliphatic carbocycles. The van der Waals surface area contributed by atoms with Crippen LogP contribution in [-0.2, 0) is 0 Å². The van der Waals surface area contributed by atoms with Gasteiger partial charge in [0.15, 0.2) is 0 Å². The molecule has 0 spiro atoms. The van der Waals surface area contributed by atoms with Gasteiger partial charge in [0.2, 0.25) is 11.9 Å². The zero-order valence-electron chi connectivity index (χ0n) is 9.95. The SMILES string of the molecule is CCCC1CCCN(c2n[nH]c(N)n2)CC1. The van der Waals surface area contributed by atoms with Crippen molar-refractivity contribution in [3.8, 4) is 0 Å². The lowest BCUT2D eigenvalue weighted by Gasteiger charge is -2.18. The summed E-state index contributed by atoms with van der Waals surface area (Å²) in [6.45, 7) is 4.37. The minimum atomic E-state index is 0.407. The fraction of sp³-hybridized carbons (Fsp3) is 0.818. The number of rotatable bonds is 3. The zero-order valence-corrected chi connectivity index (χ0v) is 9.95. The third-order valence-electron chi connectivity index (χ3n) is 3.32. The fourth-order valence-electron chi connectivity index (χ4n) is 2.47. The Morgan fingerprint density at radius 1 is 1.44 bits per heavy atom. The predicted octanol–water partition coefficient (Wildman–Crippen LogP) is 1.79. The molecule has 1 saturated heterocycles. The van der Waals surface area contributed by atoms with Crippen LogP contribution in [0.25, 0.3) is 0 Å².